The van der Waals surface area contributed by atoms with Crippen molar-refractivity contribution in [1.29, 1.82) is 0 Å². The Kier molecular flexibility index (Phi) is 6.18. The van der Waals surface area contributed by atoms with E-state index in [1.807, 2.05) is 23.5 Å². The lowest BCUT2D eigenvalue weighted by Crippen LogP contribution is -2.44. The number of thioether (sulfide) groups is 2. The van der Waals surface area contributed by atoms with Gasteiger partial charge >= 0.3 is 0 Å². The van der Waals surface area contributed by atoms with Crippen molar-refractivity contribution in [2.24, 2.45) is 0 Å². The van der Waals surface area contributed by atoms with E-state index >= 15 is 0 Å². The minimum atomic E-state index is 0.239. The fraction of sp³-hybridized carbons (Fsp3) is 0.923. The molecule has 2 aliphatic rings. The van der Waals surface area contributed by atoms with Crippen molar-refractivity contribution in [3.63, 3.8) is 0 Å². The molecule has 1 unspecified atom stereocenters. The average Bonchev–Trinajstić information content (AvgIpc) is 2.40. The highest BCUT2D eigenvalue weighted by Gasteiger charge is 2.23. The summed E-state index contributed by atoms with van der Waals surface area (Å²) >= 11 is 3.92. The van der Waals surface area contributed by atoms with Crippen LogP contribution in [-0.4, -0.2) is 47.5 Å². The van der Waals surface area contributed by atoms with Gasteiger partial charge in [0, 0.05) is 41.8 Å². The molecule has 1 aliphatic heterocycles. The summed E-state index contributed by atoms with van der Waals surface area (Å²) in [6.45, 7) is 1.04. The first-order chi connectivity index (χ1) is 8.78. The maximum absolute atomic E-state index is 12.0. The topological polar surface area (TPSA) is 41.1 Å². The van der Waals surface area contributed by atoms with Crippen molar-refractivity contribution in [2.45, 2.75) is 49.4 Å². The van der Waals surface area contributed by atoms with Crippen molar-refractivity contribution in [1.82, 2.24) is 10.6 Å². The maximum Gasteiger partial charge on any atom is 0.221 e. The van der Waals surface area contributed by atoms with Gasteiger partial charge in [0.05, 0.1) is 0 Å². The van der Waals surface area contributed by atoms with Crippen LogP contribution in [-0.2, 0) is 4.79 Å². The van der Waals surface area contributed by atoms with Gasteiger partial charge in [-0.1, -0.05) is 0 Å². The summed E-state index contributed by atoms with van der Waals surface area (Å²) in [4.78, 5) is 12.0. The normalized spacial score (nSPS) is 33.1. The van der Waals surface area contributed by atoms with Gasteiger partial charge in [0.1, 0.15) is 0 Å². The highest BCUT2D eigenvalue weighted by molar-refractivity contribution is 7.99. The Hall–Kier alpha value is 0.130. The Labute approximate surface area is 119 Å². The molecule has 0 aromatic carbocycles. The van der Waals surface area contributed by atoms with Gasteiger partial charge in [-0.15, -0.1) is 0 Å². The summed E-state index contributed by atoms with van der Waals surface area (Å²) < 4.78 is 0. The lowest BCUT2D eigenvalue weighted by atomic mass is 9.95. The fourth-order valence-corrected chi connectivity index (χ4v) is 4.40. The van der Waals surface area contributed by atoms with Gasteiger partial charge < -0.3 is 10.6 Å². The zero-order valence-electron chi connectivity index (χ0n) is 11.1. The molecule has 1 amide bonds. The third-order valence-electron chi connectivity index (χ3n) is 3.80. The van der Waals surface area contributed by atoms with E-state index in [0.29, 0.717) is 18.5 Å². The standard InChI is InChI=1S/C13H24N2OS2/c1-17-12-4-2-10(3-5-12)15-13(16)8-11-9-18-7-6-14-11/h10-12,14H,2-9H2,1H3,(H,15,16). The van der Waals surface area contributed by atoms with Crippen LogP contribution in [0.5, 0.6) is 0 Å². The lowest BCUT2D eigenvalue weighted by Gasteiger charge is -2.29. The Morgan fingerprint density at radius 3 is 2.78 bits per heavy atom. The number of carbonyl (C=O) groups excluding carboxylic acids is 1. The summed E-state index contributed by atoms with van der Waals surface area (Å²) in [6.07, 6.45) is 7.66. The Balaban J connectivity index is 1.65. The molecule has 2 N–H and O–H groups in total. The van der Waals surface area contributed by atoms with E-state index in [-0.39, 0.29) is 5.91 Å². The summed E-state index contributed by atoms with van der Waals surface area (Å²) in [5, 5.41) is 7.45. The third kappa shape index (κ3) is 4.67. The first kappa shape index (κ1) is 14.5. The van der Waals surface area contributed by atoms with Crippen LogP contribution < -0.4 is 10.6 Å². The van der Waals surface area contributed by atoms with Crippen molar-refractivity contribution >= 4 is 29.4 Å². The van der Waals surface area contributed by atoms with Gasteiger partial charge in [0.2, 0.25) is 5.91 Å². The van der Waals surface area contributed by atoms with E-state index in [0.717, 1.165) is 30.4 Å². The largest absolute Gasteiger partial charge is 0.353 e. The van der Waals surface area contributed by atoms with Gasteiger partial charge in [-0.25, -0.2) is 0 Å². The van der Waals surface area contributed by atoms with Crippen LogP contribution in [0, 0.1) is 0 Å². The monoisotopic (exact) mass is 288 g/mol. The molecule has 1 atom stereocenters. The number of hydrogen-bond acceptors (Lipinski definition) is 4. The average molecular weight is 288 g/mol. The number of nitrogens with one attached hydrogen (secondary N) is 2. The van der Waals surface area contributed by atoms with Gasteiger partial charge in [0.15, 0.2) is 0 Å². The second kappa shape index (κ2) is 7.65. The molecule has 18 heavy (non-hydrogen) atoms. The van der Waals surface area contributed by atoms with Crippen LogP contribution in [0.4, 0.5) is 0 Å². The van der Waals surface area contributed by atoms with E-state index in [2.05, 4.69) is 16.9 Å². The molecule has 0 aromatic rings. The van der Waals surface area contributed by atoms with Gasteiger partial charge in [-0.3, -0.25) is 4.79 Å². The highest BCUT2D eigenvalue weighted by Crippen LogP contribution is 2.26. The quantitative estimate of drug-likeness (QED) is 0.829. The molecular formula is C13H24N2OS2. The molecule has 104 valence electrons. The van der Waals surface area contributed by atoms with Gasteiger partial charge in [0.25, 0.3) is 0 Å². The summed E-state index contributed by atoms with van der Waals surface area (Å²) in [5.41, 5.74) is 0. The first-order valence-electron chi connectivity index (χ1n) is 6.91. The smallest absolute Gasteiger partial charge is 0.221 e. The van der Waals surface area contributed by atoms with E-state index < -0.39 is 0 Å². The van der Waals surface area contributed by atoms with Crippen molar-refractivity contribution in [3.8, 4) is 0 Å². The van der Waals surface area contributed by atoms with Crippen molar-refractivity contribution in [3.05, 3.63) is 0 Å². The van der Waals surface area contributed by atoms with Crippen LogP contribution in [0.25, 0.3) is 0 Å². The Bertz CT molecular complexity index is 262. The molecule has 2 fully saturated rings. The van der Waals surface area contributed by atoms with E-state index in [1.54, 1.807) is 0 Å². The molecule has 0 spiro atoms. The molecule has 1 saturated carbocycles. The molecule has 1 aliphatic carbocycles. The molecule has 1 saturated heterocycles. The molecule has 0 aromatic heterocycles. The van der Waals surface area contributed by atoms with Gasteiger partial charge in [-0.2, -0.15) is 23.5 Å². The molecule has 3 nitrogen and oxygen atoms in total. The minimum Gasteiger partial charge on any atom is -0.353 e. The predicted molar refractivity (Wildman–Crippen MR) is 81.4 cm³/mol. The second-order valence-electron chi connectivity index (χ2n) is 5.21. The zero-order valence-corrected chi connectivity index (χ0v) is 12.7. The van der Waals surface area contributed by atoms with Crippen LogP contribution in [0.2, 0.25) is 0 Å². The molecule has 5 heteroatoms. The number of amides is 1. The number of rotatable bonds is 4. The number of hydrogen-bond donors (Lipinski definition) is 2. The lowest BCUT2D eigenvalue weighted by molar-refractivity contribution is -0.122. The fourth-order valence-electron chi connectivity index (χ4n) is 2.70. The first-order valence-corrected chi connectivity index (χ1v) is 9.35. The van der Waals surface area contributed by atoms with Crippen molar-refractivity contribution in [2.75, 3.05) is 24.3 Å². The summed E-state index contributed by atoms with van der Waals surface area (Å²) in [7, 11) is 0. The highest BCUT2D eigenvalue weighted by atomic mass is 32.2. The van der Waals surface area contributed by atoms with Crippen molar-refractivity contribution < 1.29 is 4.79 Å². The molecule has 2 rings (SSSR count). The van der Waals surface area contributed by atoms with Crippen LogP contribution in [0.3, 0.4) is 0 Å². The maximum atomic E-state index is 12.0. The predicted octanol–water partition coefficient (Wildman–Crippen LogP) is 1.87. The van der Waals surface area contributed by atoms with E-state index in [4.69, 9.17) is 0 Å². The summed E-state index contributed by atoms with van der Waals surface area (Å²) in [6, 6.07) is 0.809. The molecule has 0 radical (unpaired) electrons. The minimum absolute atomic E-state index is 0.239. The third-order valence-corrected chi connectivity index (χ3v) is 6.07. The van der Waals surface area contributed by atoms with Crippen LogP contribution in [0.15, 0.2) is 0 Å². The molecule has 0 bridgehead atoms. The van der Waals surface area contributed by atoms with E-state index in [1.165, 1.54) is 18.6 Å². The molecular weight excluding hydrogens is 264 g/mol. The Morgan fingerprint density at radius 2 is 2.17 bits per heavy atom. The van der Waals surface area contributed by atoms with E-state index in [9.17, 15) is 4.79 Å². The molecule has 1 heterocycles. The summed E-state index contributed by atoms with van der Waals surface area (Å²) in [5.74, 6) is 2.49. The zero-order chi connectivity index (χ0) is 12.8. The van der Waals surface area contributed by atoms with Crippen LogP contribution in [0.1, 0.15) is 32.1 Å². The number of carbonyl (C=O) groups is 1. The second-order valence-corrected chi connectivity index (χ2v) is 7.49. The van der Waals surface area contributed by atoms with Crippen LogP contribution >= 0.6 is 23.5 Å². The SMILES string of the molecule is CSC1CCC(NC(=O)CC2CSCCN2)CC1. The Morgan fingerprint density at radius 1 is 1.39 bits per heavy atom. The van der Waals surface area contributed by atoms with Gasteiger partial charge in [-0.05, 0) is 31.9 Å².